The van der Waals surface area contributed by atoms with Gasteiger partial charge >= 0.3 is 0 Å². The monoisotopic (exact) mass is 642 g/mol. The van der Waals surface area contributed by atoms with Gasteiger partial charge in [0.15, 0.2) is 5.82 Å². The number of benzene rings is 7. The lowest BCUT2D eigenvalue weighted by Crippen LogP contribution is -2.17. The maximum Gasteiger partial charge on any atom is 0.160 e. The summed E-state index contributed by atoms with van der Waals surface area (Å²) < 4.78 is 0. The second kappa shape index (κ2) is 13.1. The van der Waals surface area contributed by atoms with E-state index in [9.17, 15) is 0 Å². The second-order valence-corrected chi connectivity index (χ2v) is 13.5. The summed E-state index contributed by atoms with van der Waals surface area (Å²) >= 11 is 0. The summed E-state index contributed by atoms with van der Waals surface area (Å²) in [5.41, 5.74) is 13.8. The van der Waals surface area contributed by atoms with E-state index in [1.165, 1.54) is 49.7 Å². The number of hydrogen-bond donors (Lipinski definition) is 0. The Labute approximate surface area is 294 Å². The molecule has 0 unspecified atom stereocenters. The van der Waals surface area contributed by atoms with E-state index in [0.717, 1.165) is 33.9 Å². The highest BCUT2D eigenvalue weighted by molar-refractivity contribution is 5.95. The molecule has 2 heteroatoms. The van der Waals surface area contributed by atoms with Gasteiger partial charge < -0.3 is 0 Å². The van der Waals surface area contributed by atoms with Crippen LogP contribution < -0.4 is 0 Å². The van der Waals surface area contributed by atoms with E-state index in [4.69, 9.17) is 9.97 Å². The molecule has 0 radical (unpaired) electrons. The molecule has 2 nitrogen and oxygen atoms in total. The number of rotatable bonds is 4. The molecular weight excluding hydrogens is 605 g/mol. The van der Waals surface area contributed by atoms with Gasteiger partial charge in [0.25, 0.3) is 0 Å². The first-order chi connectivity index (χ1) is 24.5. The van der Waals surface area contributed by atoms with Crippen LogP contribution in [0.5, 0.6) is 0 Å². The molecule has 1 aliphatic rings. The van der Waals surface area contributed by atoms with Crippen molar-refractivity contribution in [3.8, 4) is 56.2 Å². The normalized spacial score (nSPS) is 12.5. The zero-order valence-electron chi connectivity index (χ0n) is 28.6. The third kappa shape index (κ3) is 5.90. The van der Waals surface area contributed by atoms with Gasteiger partial charge in [-0.1, -0.05) is 171 Å². The molecular formula is C48H38N2. The summed E-state index contributed by atoms with van der Waals surface area (Å²) in [7, 11) is 0. The molecule has 9 rings (SSSR count). The minimum absolute atomic E-state index is 0.204. The molecule has 1 heterocycles. The van der Waals surface area contributed by atoms with Gasteiger partial charge in [0.1, 0.15) is 0 Å². The average molecular weight is 643 g/mol. The van der Waals surface area contributed by atoms with E-state index in [0.29, 0.717) is 0 Å². The van der Waals surface area contributed by atoms with Gasteiger partial charge in [-0.3, -0.25) is 0 Å². The molecule has 0 amide bonds. The first kappa shape index (κ1) is 31.2. The quantitative estimate of drug-likeness (QED) is 0.191. The summed E-state index contributed by atoms with van der Waals surface area (Å²) in [5.74, 6) is 0.753. The predicted octanol–water partition coefficient (Wildman–Crippen LogP) is 12.6. The molecule has 1 aliphatic carbocycles. The summed E-state index contributed by atoms with van der Waals surface area (Å²) in [6.07, 6.45) is 0. The Morgan fingerprint density at radius 2 is 0.920 bits per heavy atom. The highest BCUT2D eigenvalue weighted by Gasteiger charge is 2.38. The third-order valence-electron chi connectivity index (χ3n) is 9.78. The van der Waals surface area contributed by atoms with E-state index >= 15 is 0 Å². The predicted molar refractivity (Wildman–Crippen MR) is 210 cm³/mol. The van der Waals surface area contributed by atoms with E-state index in [2.05, 4.69) is 172 Å². The van der Waals surface area contributed by atoms with Crippen LogP contribution >= 0.6 is 0 Å². The zero-order chi connectivity index (χ0) is 34.1. The molecule has 0 spiro atoms. The molecule has 0 aliphatic heterocycles. The van der Waals surface area contributed by atoms with Gasteiger partial charge in [0, 0.05) is 22.1 Å². The van der Waals surface area contributed by atoms with Crippen LogP contribution in [0.3, 0.4) is 0 Å². The Balaban J connectivity index is 0.000000463. The van der Waals surface area contributed by atoms with E-state index in [1.807, 2.05) is 24.3 Å². The van der Waals surface area contributed by atoms with Gasteiger partial charge in [0.2, 0.25) is 0 Å². The second-order valence-electron chi connectivity index (χ2n) is 13.5. The molecule has 1 aromatic heterocycles. The van der Waals surface area contributed by atoms with Crippen molar-refractivity contribution in [2.75, 3.05) is 0 Å². The lowest BCUT2D eigenvalue weighted by atomic mass is 9.79. The fraction of sp³-hybridized carbons (Fsp3) is 0.0833. The van der Waals surface area contributed by atoms with E-state index in [-0.39, 0.29) is 5.41 Å². The van der Waals surface area contributed by atoms with Crippen molar-refractivity contribution in [2.24, 2.45) is 0 Å². The zero-order valence-corrected chi connectivity index (χ0v) is 28.6. The summed E-state index contributed by atoms with van der Waals surface area (Å²) in [5, 5.41) is 2.53. The van der Waals surface area contributed by atoms with Gasteiger partial charge in [0.05, 0.1) is 11.4 Å². The maximum absolute atomic E-state index is 5.28. The summed E-state index contributed by atoms with van der Waals surface area (Å²) in [6.45, 7) is 6.75. The van der Waals surface area contributed by atoms with Crippen LogP contribution in [0, 0.1) is 6.92 Å². The Morgan fingerprint density at radius 1 is 0.400 bits per heavy atom. The largest absolute Gasteiger partial charge is 0.228 e. The molecule has 8 aromatic rings. The highest BCUT2D eigenvalue weighted by atomic mass is 14.9. The molecule has 7 aromatic carbocycles. The molecule has 240 valence electrons. The number of aromatic nitrogens is 2. The van der Waals surface area contributed by atoms with Crippen LogP contribution in [0.25, 0.3) is 66.9 Å². The Hall–Kier alpha value is -6.12. The maximum atomic E-state index is 5.28. The van der Waals surface area contributed by atoms with E-state index < -0.39 is 0 Å². The smallest absolute Gasteiger partial charge is 0.160 e. The third-order valence-corrected chi connectivity index (χ3v) is 9.78. The molecule has 0 atom stereocenters. The van der Waals surface area contributed by atoms with Crippen molar-refractivity contribution >= 4 is 10.8 Å². The highest BCUT2D eigenvalue weighted by Crippen LogP contribution is 2.53. The van der Waals surface area contributed by atoms with Crippen LogP contribution in [-0.2, 0) is 5.41 Å². The Kier molecular flexibility index (Phi) is 8.14. The average Bonchev–Trinajstić information content (AvgIpc) is 3.40. The SMILES string of the molecule is CC1(C)c2cc3ccccc3cc2-c2cccc(-c3nc(-c4ccccc4)cc(-c4cccc(-c5ccccc5)c4)n3)c21.Cc1ccccc1. The molecule has 0 saturated carbocycles. The van der Waals surface area contributed by atoms with Crippen LogP contribution in [0.1, 0.15) is 30.5 Å². The van der Waals surface area contributed by atoms with Crippen LogP contribution in [-0.4, -0.2) is 9.97 Å². The summed E-state index contributed by atoms with van der Waals surface area (Å²) in [6, 6.07) is 61.9. The van der Waals surface area contributed by atoms with Gasteiger partial charge in [-0.15, -0.1) is 0 Å². The Morgan fingerprint density at radius 3 is 1.58 bits per heavy atom. The lowest BCUT2D eigenvalue weighted by molar-refractivity contribution is 0.662. The molecule has 0 saturated heterocycles. The van der Waals surface area contributed by atoms with Crippen molar-refractivity contribution in [2.45, 2.75) is 26.2 Å². The van der Waals surface area contributed by atoms with Crippen LogP contribution in [0.4, 0.5) is 0 Å². The fourth-order valence-corrected chi connectivity index (χ4v) is 7.25. The standard InChI is InChI=1S/C41H30N2.C7H8/c1-41(2)36-25-31-18-10-9-17-30(31)24-35(36)33-21-12-22-34(39(33)41)40-42-37(28-15-7-4-8-16-28)26-38(43-40)32-20-11-19-29(23-32)27-13-5-3-6-14-27;1-7-5-3-2-4-6-7/h3-26H,1-2H3;2-6H,1H3. The van der Waals surface area contributed by atoms with Gasteiger partial charge in [-0.25, -0.2) is 9.97 Å². The number of nitrogens with zero attached hydrogens (tertiary/aromatic N) is 2. The van der Waals surface area contributed by atoms with E-state index in [1.54, 1.807) is 0 Å². The first-order valence-electron chi connectivity index (χ1n) is 17.3. The minimum Gasteiger partial charge on any atom is -0.228 e. The van der Waals surface area contributed by atoms with Crippen LogP contribution in [0.15, 0.2) is 176 Å². The molecule has 50 heavy (non-hydrogen) atoms. The minimum atomic E-state index is -0.204. The Bertz CT molecular complexity index is 2450. The number of hydrogen-bond acceptors (Lipinski definition) is 2. The molecule has 0 N–H and O–H groups in total. The fourth-order valence-electron chi connectivity index (χ4n) is 7.25. The van der Waals surface area contributed by atoms with Crippen molar-refractivity contribution in [1.29, 1.82) is 0 Å². The summed E-state index contributed by atoms with van der Waals surface area (Å²) in [4.78, 5) is 10.5. The molecule has 0 fully saturated rings. The topological polar surface area (TPSA) is 25.8 Å². The number of aryl methyl sites for hydroxylation is 1. The van der Waals surface area contributed by atoms with Gasteiger partial charge in [-0.2, -0.15) is 0 Å². The van der Waals surface area contributed by atoms with Crippen molar-refractivity contribution in [1.82, 2.24) is 9.97 Å². The van der Waals surface area contributed by atoms with Crippen molar-refractivity contribution < 1.29 is 0 Å². The first-order valence-corrected chi connectivity index (χ1v) is 17.3. The molecule has 0 bridgehead atoms. The van der Waals surface area contributed by atoms with Crippen molar-refractivity contribution in [3.63, 3.8) is 0 Å². The number of fused-ring (bicyclic) bond motifs is 4. The van der Waals surface area contributed by atoms with Gasteiger partial charge in [-0.05, 0) is 75.3 Å². The lowest BCUT2D eigenvalue weighted by Gasteiger charge is -2.24. The van der Waals surface area contributed by atoms with Crippen LogP contribution in [0.2, 0.25) is 0 Å². The van der Waals surface area contributed by atoms with Crippen molar-refractivity contribution in [3.05, 3.63) is 193 Å².